The predicted molar refractivity (Wildman–Crippen MR) is 113 cm³/mol. The number of aromatic nitrogens is 3. The maximum atomic E-state index is 5.89. The highest BCUT2D eigenvalue weighted by Gasteiger charge is 2.10. The lowest BCUT2D eigenvalue weighted by atomic mass is 10.2. The molecular formula is C22H27N5O. The molecule has 0 saturated carbocycles. The standard InChI is InChI=1S/C22H27N5O/c1-16(2)28-20-8-6-5-7-19(20)25-21-15-17(3)24-22(26-21)27(4)14-11-18-9-12-23-13-10-18/h5-10,12-13,15-16H,11,14H2,1-4H3,(H,24,25,26). The molecule has 0 saturated heterocycles. The van der Waals surface area contributed by atoms with Gasteiger partial charge in [-0.05, 0) is 57.0 Å². The molecule has 6 heteroatoms. The Bertz CT molecular complexity index is 898. The minimum atomic E-state index is 0.102. The second-order valence-electron chi connectivity index (χ2n) is 7.01. The normalized spacial score (nSPS) is 10.8. The van der Waals surface area contributed by atoms with E-state index in [1.165, 1.54) is 5.56 Å². The molecule has 1 aromatic carbocycles. The van der Waals surface area contributed by atoms with Crippen LogP contribution in [0, 0.1) is 6.92 Å². The van der Waals surface area contributed by atoms with Gasteiger partial charge in [0.05, 0.1) is 11.8 Å². The lowest BCUT2D eigenvalue weighted by Gasteiger charge is -2.19. The molecule has 3 aromatic rings. The Labute approximate surface area is 166 Å². The number of hydrogen-bond donors (Lipinski definition) is 1. The van der Waals surface area contributed by atoms with Crippen molar-refractivity contribution in [3.05, 3.63) is 66.1 Å². The second kappa shape index (κ2) is 9.17. The maximum absolute atomic E-state index is 5.89. The minimum absolute atomic E-state index is 0.102. The van der Waals surface area contributed by atoms with Crippen LogP contribution in [0.5, 0.6) is 5.75 Å². The molecule has 0 unspecified atom stereocenters. The largest absolute Gasteiger partial charge is 0.489 e. The molecule has 6 nitrogen and oxygen atoms in total. The summed E-state index contributed by atoms with van der Waals surface area (Å²) in [4.78, 5) is 15.4. The number of para-hydroxylation sites is 2. The van der Waals surface area contributed by atoms with Crippen molar-refractivity contribution in [3.8, 4) is 5.75 Å². The molecule has 28 heavy (non-hydrogen) atoms. The smallest absolute Gasteiger partial charge is 0.227 e. The first-order valence-electron chi connectivity index (χ1n) is 9.49. The van der Waals surface area contributed by atoms with E-state index in [0.29, 0.717) is 5.95 Å². The van der Waals surface area contributed by atoms with Crippen molar-refractivity contribution in [3.63, 3.8) is 0 Å². The Morgan fingerprint density at radius 3 is 2.57 bits per heavy atom. The van der Waals surface area contributed by atoms with Crippen molar-refractivity contribution in [2.45, 2.75) is 33.3 Å². The van der Waals surface area contributed by atoms with Gasteiger partial charge in [-0.25, -0.2) is 4.98 Å². The summed E-state index contributed by atoms with van der Waals surface area (Å²) in [5.41, 5.74) is 3.04. The fraction of sp³-hybridized carbons (Fsp3) is 0.318. The van der Waals surface area contributed by atoms with Crippen molar-refractivity contribution in [1.82, 2.24) is 15.0 Å². The molecule has 3 rings (SSSR count). The summed E-state index contributed by atoms with van der Waals surface area (Å²) in [6.07, 6.45) is 4.64. The molecule has 1 N–H and O–H groups in total. The molecular weight excluding hydrogens is 350 g/mol. The summed E-state index contributed by atoms with van der Waals surface area (Å²) in [6.45, 7) is 6.83. The van der Waals surface area contributed by atoms with Crippen LogP contribution in [0.25, 0.3) is 0 Å². The number of ether oxygens (including phenoxy) is 1. The van der Waals surface area contributed by atoms with Gasteiger partial charge in [-0.3, -0.25) is 4.98 Å². The third-order valence-electron chi connectivity index (χ3n) is 4.18. The van der Waals surface area contributed by atoms with Crippen LogP contribution in [0.15, 0.2) is 54.9 Å². The highest BCUT2D eigenvalue weighted by atomic mass is 16.5. The molecule has 0 aliphatic rings. The van der Waals surface area contributed by atoms with E-state index in [4.69, 9.17) is 9.72 Å². The molecule has 0 aliphatic carbocycles. The molecule has 0 atom stereocenters. The topological polar surface area (TPSA) is 63.2 Å². The van der Waals surface area contributed by atoms with Crippen molar-refractivity contribution >= 4 is 17.5 Å². The maximum Gasteiger partial charge on any atom is 0.227 e. The fourth-order valence-corrected chi connectivity index (χ4v) is 2.80. The average molecular weight is 377 g/mol. The van der Waals surface area contributed by atoms with Crippen LogP contribution in [0.3, 0.4) is 0 Å². The van der Waals surface area contributed by atoms with E-state index in [1.807, 2.05) is 82.7 Å². The van der Waals surface area contributed by atoms with Crippen LogP contribution >= 0.6 is 0 Å². The van der Waals surface area contributed by atoms with Gasteiger partial charge in [-0.1, -0.05) is 12.1 Å². The number of likely N-dealkylation sites (N-methyl/N-ethyl adjacent to an activating group) is 1. The number of aryl methyl sites for hydroxylation is 1. The van der Waals surface area contributed by atoms with Crippen LogP contribution in [0.4, 0.5) is 17.5 Å². The van der Waals surface area contributed by atoms with E-state index in [-0.39, 0.29) is 6.10 Å². The summed E-state index contributed by atoms with van der Waals surface area (Å²) in [5.74, 6) is 2.25. The molecule has 2 aromatic heterocycles. The van der Waals surface area contributed by atoms with E-state index >= 15 is 0 Å². The van der Waals surface area contributed by atoms with E-state index in [9.17, 15) is 0 Å². The first-order valence-corrected chi connectivity index (χ1v) is 9.49. The van der Waals surface area contributed by atoms with Gasteiger partial charge in [-0.2, -0.15) is 4.98 Å². The van der Waals surface area contributed by atoms with Crippen molar-refractivity contribution < 1.29 is 4.74 Å². The number of anilines is 3. The summed E-state index contributed by atoms with van der Waals surface area (Å²) < 4.78 is 5.89. The van der Waals surface area contributed by atoms with E-state index < -0.39 is 0 Å². The molecule has 0 bridgehead atoms. The van der Waals surface area contributed by atoms with Gasteiger partial charge in [0, 0.05) is 37.7 Å². The molecule has 0 fully saturated rings. The quantitative estimate of drug-likeness (QED) is 0.628. The molecule has 0 aliphatic heterocycles. The third-order valence-corrected chi connectivity index (χ3v) is 4.18. The van der Waals surface area contributed by atoms with Crippen LogP contribution in [-0.4, -0.2) is 34.6 Å². The van der Waals surface area contributed by atoms with Gasteiger partial charge in [0.25, 0.3) is 0 Å². The Balaban J connectivity index is 1.74. The van der Waals surface area contributed by atoms with Gasteiger partial charge in [-0.15, -0.1) is 0 Å². The zero-order valence-corrected chi connectivity index (χ0v) is 16.9. The van der Waals surface area contributed by atoms with Gasteiger partial charge < -0.3 is 15.0 Å². The lowest BCUT2D eigenvalue weighted by Crippen LogP contribution is -2.23. The molecule has 0 amide bonds. The minimum Gasteiger partial charge on any atom is -0.489 e. The van der Waals surface area contributed by atoms with Gasteiger partial charge >= 0.3 is 0 Å². The van der Waals surface area contributed by atoms with E-state index in [2.05, 4.69) is 20.2 Å². The van der Waals surface area contributed by atoms with Crippen LogP contribution in [0.1, 0.15) is 25.1 Å². The number of rotatable bonds is 8. The van der Waals surface area contributed by atoms with Crippen LogP contribution in [-0.2, 0) is 6.42 Å². The zero-order valence-electron chi connectivity index (χ0n) is 16.9. The summed E-state index contributed by atoms with van der Waals surface area (Å²) in [5, 5.41) is 3.38. The highest BCUT2D eigenvalue weighted by molar-refractivity contribution is 5.64. The second-order valence-corrected chi connectivity index (χ2v) is 7.01. The summed E-state index contributed by atoms with van der Waals surface area (Å²) in [7, 11) is 2.01. The number of nitrogens with zero attached hydrogens (tertiary/aromatic N) is 4. The predicted octanol–water partition coefficient (Wildman–Crippen LogP) is 4.39. The van der Waals surface area contributed by atoms with Crippen molar-refractivity contribution in [2.24, 2.45) is 0 Å². The highest BCUT2D eigenvalue weighted by Crippen LogP contribution is 2.28. The van der Waals surface area contributed by atoms with Gasteiger partial charge in [0.15, 0.2) is 0 Å². The lowest BCUT2D eigenvalue weighted by molar-refractivity contribution is 0.244. The SMILES string of the molecule is Cc1cc(Nc2ccccc2OC(C)C)nc(N(C)CCc2ccncc2)n1. The molecule has 146 valence electrons. The Hall–Kier alpha value is -3.15. The van der Waals surface area contributed by atoms with Gasteiger partial charge in [0.2, 0.25) is 5.95 Å². The number of benzene rings is 1. The Morgan fingerprint density at radius 2 is 1.82 bits per heavy atom. The first kappa shape index (κ1) is 19.6. The van der Waals surface area contributed by atoms with Crippen LogP contribution in [0.2, 0.25) is 0 Å². The van der Waals surface area contributed by atoms with Crippen LogP contribution < -0.4 is 15.0 Å². The third kappa shape index (κ3) is 5.42. The fourth-order valence-electron chi connectivity index (χ4n) is 2.80. The van der Waals surface area contributed by atoms with Gasteiger partial charge in [0.1, 0.15) is 11.6 Å². The summed E-state index contributed by atoms with van der Waals surface area (Å²) in [6, 6.07) is 13.9. The van der Waals surface area contributed by atoms with E-state index in [1.54, 1.807) is 0 Å². The number of pyridine rings is 1. The van der Waals surface area contributed by atoms with Crippen molar-refractivity contribution in [2.75, 3.05) is 23.8 Å². The Morgan fingerprint density at radius 1 is 1.07 bits per heavy atom. The van der Waals surface area contributed by atoms with E-state index in [0.717, 1.165) is 35.9 Å². The summed E-state index contributed by atoms with van der Waals surface area (Å²) >= 11 is 0. The molecule has 2 heterocycles. The monoisotopic (exact) mass is 377 g/mol. The molecule has 0 radical (unpaired) electrons. The zero-order chi connectivity index (χ0) is 19.9. The number of hydrogen-bond acceptors (Lipinski definition) is 6. The van der Waals surface area contributed by atoms with Crippen molar-refractivity contribution in [1.29, 1.82) is 0 Å². The molecule has 0 spiro atoms. The first-order chi connectivity index (χ1) is 13.5. The average Bonchev–Trinajstić information content (AvgIpc) is 2.67. The number of nitrogens with one attached hydrogen (secondary N) is 1. The Kier molecular flexibility index (Phi) is 6.42.